The second-order valence-electron chi connectivity index (χ2n) is 8.37. The molecule has 1 fully saturated rings. The molecule has 1 amide bonds. The van der Waals surface area contributed by atoms with Gasteiger partial charge in [-0.2, -0.15) is 18.4 Å². The standard InChI is InChI=1S/C23H21F4N3O3S/c1-13(11-31)12-33-19-7-6-16(9-18(19)24)30-21(34)29(20(32)22(30,2)3)15-5-4-14(10-28)17(8-15)23(25,26)27/h4-9,13,31H,11-12H2,1-3H3. The van der Waals surface area contributed by atoms with Gasteiger partial charge in [0.2, 0.25) is 0 Å². The number of aliphatic hydroxyl groups is 1. The maximum atomic E-state index is 14.7. The molecule has 0 bridgehead atoms. The van der Waals surface area contributed by atoms with Gasteiger partial charge in [0, 0.05) is 24.3 Å². The lowest BCUT2D eigenvalue weighted by Gasteiger charge is -2.29. The van der Waals surface area contributed by atoms with Gasteiger partial charge in [-0.25, -0.2) is 4.39 Å². The van der Waals surface area contributed by atoms with Gasteiger partial charge in [0.25, 0.3) is 5.91 Å². The van der Waals surface area contributed by atoms with E-state index in [2.05, 4.69) is 0 Å². The SMILES string of the molecule is CC(CO)COc1ccc(N2C(=S)N(c3ccc(C#N)c(C(F)(F)F)c3)C(=O)C2(C)C)cc1F. The lowest BCUT2D eigenvalue weighted by Crippen LogP contribution is -2.44. The highest BCUT2D eigenvalue weighted by Gasteiger charge is 2.50. The first-order chi connectivity index (χ1) is 15.8. The molecule has 34 heavy (non-hydrogen) atoms. The number of ether oxygens (including phenoxy) is 1. The number of nitriles is 1. The van der Waals surface area contributed by atoms with Crippen LogP contribution in [0.15, 0.2) is 36.4 Å². The number of carbonyl (C=O) groups excluding carboxylic acids is 1. The summed E-state index contributed by atoms with van der Waals surface area (Å²) in [6, 6.07) is 8.31. The molecule has 1 saturated heterocycles. The third-order valence-electron chi connectivity index (χ3n) is 5.36. The Morgan fingerprint density at radius 1 is 1.21 bits per heavy atom. The van der Waals surface area contributed by atoms with Gasteiger partial charge < -0.3 is 14.7 Å². The zero-order valence-corrected chi connectivity index (χ0v) is 19.3. The van der Waals surface area contributed by atoms with E-state index >= 15 is 0 Å². The molecule has 0 aromatic heterocycles. The molecule has 0 radical (unpaired) electrons. The summed E-state index contributed by atoms with van der Waals surface area (Å²) in [6.07, 6.45) is -4.81. The van der Waals surface area contributed by atoms with E-state index in [9.17, 15) is 22.4 Å². The van der Waals surface area contributed by atoms with Gasteiger partial charge in [-0.3, -0.25) is 9.69 Å². The summed E-state index contributed by atoms with van der Waals surface area (Å²) in [5, 5.41) is 18.0. The number of anilines is 2. The number of benzene rings is 2. The number of amides is 1. The quantitative estimate of drug-likeness (QED) is 0.465. The predicted octanol–water partition coefficient (Wildman–Crippen LogP) is 4.64. The number of rotatable bonds is 6. The van der Waals surface area contributed by atoms with Gasteiger partial charge in [0.05, 0.1) is 29.5 Å². The van der Waals surface area contributed by atoms with Gasteiger partial charge in [0.1, 0.15) is 5.54 Å². The van der Waals surface area contributed by atoms with Crippen LogP contribution in [0.3, 0.4) is 0 Å². The van der Waals surface area contributed by atoms with Crippen molar-refractivity contribution >= 4 is 34.6 Å². The number of nitrogens with zero attached hydrogens (tertiary/aromatic N) is 3. The topological polar surface area (TPSA) is 76.8 Å². The molecular formula is C23H21F4N3O3S. The van der Waals surface area contributed by atoms with Crippen LogP contribution in [-0.2, 0) is 11.0 Å². The van der Waals surface area contributed by atoms with Gasteiger partial charge in [0.15, 0.2) is 16.7 Å². The highest BCUT2D eigenvalue weighted by atomic mass is 32.1. The number of hydrogen-bond donors (Lipinski definition) is 1. The van der Waals surface area contributed by atoms with Crippen molar-refractivity contribution in [3.8, 4) is 11.8 Å². The van der Waals surface area contributed by atoms with E-state index in [0.717, 1.165) is 17.0 Å². The van der Waals surface area contributed by atoms with E-state index in [4.69, 9.17) is 27.3 Å². The Morgan fingerprint density at radius 2 is 1.85 bits per heavy atom. The number of carbonyl (C=O) groups is 1. The molecule has 0 aliphatic carbocycles. The molecule has 180 valence electrons. The number of alkyl halides is 3. The van der Waals surface area contributed by atoms with Crippen molar-refractivity contribution in [2.45, 2.75) is 32.5 Å². The highest BCUT2D eigenvalue weighted by Crippen LogP contribution is 2.40. The van der Waals surface area contributed by atoms with Crippen LogP contribution < -0.4 is 14.5 Å². The first kappa shape index (κ1) is 25.4. The van der Waals surface area contributed by atoms with Crippen LogP contribution in [0.2, 0.25) is 0 Å². The average molecular weight is 495 g/mol. The molecule has 1 heterocycles. The van der Waals surface area contributed by atoms with Crippen LogP contribution in [0.1, 0.15) is 31.9 Å². The number of thiocarbonyl (C=S) groups is 1. The maximum absolute atomic E-state index is 14.7. The van der Waals surface area contributed by atoms with Crippen LogP contribution >= 0.6 is 12.2 Å². The highest BCUT2D eigenvalue weighted by molar-refractivity contribution is 7.81. The third kappa shape index (κ3) is 4.56. The minimum absolute atomic E-state index is 0.0583. The summed E-state index contributed by atoms with van der Waals surface area (Å²) >= 11 is 5.43. The minimum atomic E-state index is -4.81. The minimum Gasteiger partial charge on any atom is -0.490 e. The fraction of sp³-hybridized carbons (Fsp3) is 0.348. The van der Waals surface area contributed by atoms with E-state index in [1.807, 2.05) is 0 Å². The summed E-state index contributed by atoms with van der Waals surface area (Å²) in [7, 11) is 0. The van der Waals surface area contributed by atoms with Gasteiger partial charge in [-0.15, -0.1) is 0 Å². The second kappa shape index (κ2) is 9.19. The summed E-state index contributed by atoms with van der Waals surface area (Å²) < 4.78 is 60.4. The van der Waals surface area contributed by atoms with Crippen LogP contribution in [0.25, 0.3) is 0 Å². The monoisotopic (exact) mass is 495 g/mol. The molecule has 1 N–H and O–H groups in total. The van der Waals surface area contributed by atoms with Gasteiger partial charge in [-0.1, -0.05) is 6.92 Å². The molecule has 0 spiro atoms. The fourth-order valence-corrected chi connectivity index (χ4v) is 4.01. The molecule has 2 aromatic rings. The molecule has 3 rings (SSSR count). The molecule has 1 unspecified atom stereocenters. The zero-order chi connectivity index (χ0) is 25.4. The number of hydrogen-bond acceptors (Lipinski definition) is 5. The first-order valence-corrected chi connectivity index (χ1v) is 10.6. The Kier molecular flexibility index (Phi) is 6.87. The largest absolute Gasteiger partial charge is 0.490 e. The third-order valence-corrected chi connectivity index (χ3v) is 5.73. The van der Waals surface area contributed by atoms with E-state index in [0.29, 0.717) is 6.07 Å². The Bertz CT molecular complexity index is 1180. The van der Waals surface area contributed by atoms with Crippen LogP contribution in [0.5, 0.6) is 5.75 Å². The number of halogens is 4. The molecule has 1 aliphatic heterocycles. The van der Waals surface area contributed by atoms with Crippen molar-refractivity contribution in [1.29, 1.82) is 5.26 Å². The van der Waals surface area contributed by atoms with Crippen molar-refractivity contribution in [2.24, 2.45) is 5.92 Å². The fourth-order valence-electron chi connectivity index (χ4n) is 3.49. The lowest BCUT2D eigenvalue weighted by atomic mass is 10.0. The van der Waals surface area contributed by atoms with Gasteiger partial charge >= 0.3 is 6.18 Å². The van der Waals surface area contributed by atoms with Crippen LogP contribution in [-0.4, -0.2) is 34.9 Å². The molecule has 1 atom stereocenters. The Hall–Kier alpha value is -3.23. The Balaban J connectivity index is 1.99. The lowest BCUT2D eigenvalue weighted by molar-refractivity contribution is -0.137. The van der Waals surface area contributed by atoms with E-state index in [-0.39, 0.29) is 41.4 Å². The van der Waals surface area contributed by atoms with E-state index in [1.165, 1.54) is 43.0 Å². The summed E-state index contributed by atoms with van der Waals surface area (Å²) in [4.78, 5) is 15.5. The van der Waals surface area contributed by atoms with Gasteiger partial charge in [-0.05, 0) is 56.4 Å². The Morgan fingerprint density at radius 3 is 2.41 bits per heavy atom. The maximum Gasteiger partial charge on any atom is 0.417 e. The number of aliphatic hydroxyl groups excluding tert-OH is 1. The average Bonchev–Trinajstić information content (AvgIpc) is 2.95. The molecule has 6 nitrogen and oxygen atoms in total. The van der Waals surface area contributed by atoms with Crippen molar-refractivity contribution in [3.05, 3.63) is 53.3 Å². The van der Waals surface area contributed by atoms with Crippen LogP contribution in [0.4, 0.5) is 28.9 Å². The van der Waals surface area contributed by atoms with Crippen molar-refractivity contribution in [2.75, 3.05) is 23.0 Å². The molecule has 11 heteroatoms. The molecule has 2 aromatic carbocycles. The van der Waals surface area contributed by atoms with E-state index < -0.39 is 34.6 Å². The van der Waals surface area contributed by atoms with Crippen molar-refractivity contribution in [1.82, 2.24) is 0 Å². The normalized spacial score (nSPS) is 16.6. The zero-order valence-electron chi connectivity index (χ0n) is 18.5. The van der Waals surface area contributed by atoms with Crippen LogP contribution in [0, 0.1) is 23.1 Å². The summed E-state index contributed by atoms with van der Waals surface area (Å²) in [6.45, 7) is 4.72. The first-order valence-electron chi connectivity index (χ1n) is 10.2. The summed E-state index contributed by atoms with van der Waals surface area (Å²) in [5.74, 6) is -1.61. The predicted molar refractivity (Wildman–Crippen MR) is 121 cm³/mol. The smallest absolute Gasteiger partial charge is 0.417 e. The van der Waals surface area contributed by atoms with E-state index in [1.54, 1.807) is 6.92 Å². The van der Waals surface area contributed by atoms with Crippen molar-refractivity contribution < 1.29 is 32.2 Å². The summed E-state index contributed by atoms with van der Waals surface area (Å²) in [5.41, 5.74) is -3.07. The molecule has 0 saturated carbocycles. The second-order valence-corrected chi connectivity index (χ2v) is 8.74. The Labute approximate surface area is 198 Å². The molecule has 1 aliphatic rings. The molecular weight excluding hydrogens is 474 g/mol. The van der Waals surface area contributed by atoms with Crippen molar-refractivity contribution in [3.63, 3.8) is 0 Å².